The first-order valence-electron chi connectivity index (χ1n) is 11.0. The van der Waals surface area contributed by atoms with E-state index in [0.29, 0.717) is 12.8 Å². The lowest BCUT2D eigenvalue weighted by Crippen LogP contribution is -2.46. The van der Waals surface area contributed by atoms with Crippen LogP contribution >= 0.6 is 0 Å². The first-order chi connectivity index (χ1) is 15.4. The summed E-state index contributed by atoms with van der Waals surface area (Å²) in [7, 11) is -3.87. The maximum Gasteiger partial charge on any atom is 0.374 e. The summed E-state index contributed by atoms with van der Waals surface area (Å²) in [5.74, 6) is -1.07. The van der Waals surface area contributed by atoms with E-state index < -0.39 is 16.0 Å². The Morgan fingerprint density at radius 3 is 2.53 bits per heavy atom. The molecule has 0 bridgehead atoms. The van der Waals surface area contributed by atoms with Gasteiger partial charge in [0.2, 0.25) is 16.8 Å². The Bertz CT molecular complexity index is 1090. The number of fused-ring (bicyclic) bond motifs is 1. The molecule has 2 aromatic rings. The zero-order valence-electron chi connectivity index (χ0n) is 18.1. The molecule has 2 aliphatic rings. The number of sulfonamides is 1. The zero-order valence-corrected chi connectivity index (χ0v) is 18.9. The Morgan fingerprint density at radius 2 is 1.81 bits per heavy atom. The van der Waals surface area contributed by atoms with Crippen molar-refractivity contribution in [2.45, 2.75) is 50.2 Å². The van der Waals surface area contributed by atoms with Gasteiger partial charge in [-0.3, -0.25) is 4.79 Å². The fraction of sp³-hybridized carbons (Fsp3) is 0.478. The van der Waals surface area contributed by atoms with Crippen LogP contribution in [-0.4, -0.2) is 50.3 Å². The number of hydrogen-bond acceptors (Lipinski definition) is 6. The number of furan rings is 1. The maximum atomic E-state index is 12.9. The highest BCUT2D eigenvalue weighted by Gasteiger charge is 2.35. The molecule has 0 saturated carbocycles. The molecule has 32 heavy (non-hydrogen) atoms. The lowest BCUT2D eigenvalue weighted by molar-refractivity contribution is -0.126. The summed E-state index contributed by atoms with van der Waals surface area (Å²) in [5.41, 5.74) is 2.63. The molecule has 1 aliphatic carbocycles. The van der Waals surface area contributed by atoms with Gasteiger partial charge in [0.25, 0.3) is 10.0 Å². The molecule has 1 unspecified atom stereocenters. The van der Waals surface area contributed by atoms with Crippen molar-refractivity contribution in [1.29, 1.82) is 0 Å². The van der Waals surface area contributed by atoms with Crippen molar-refractivity contribution in [3.05, 3.63) is 53.3 Å². The van der Waals surface area contributed by atoms with Crippen LogP contribution in [0.15, 0.2) is 45.9 Å². The predicted octanol–water partition coefficient (Wildman–Crippen LogP) is 2.53. The van der Waals surface area contributed by atoms with Crippen LogP contribution in [0.2, 0.25) is 0 Å². The van der Waals surface area contributed by atoms with E-state index in [9.17, 15) is 18.0 Å². The number of nitrogens with one attached hydrogen (secondary N) is 1. The summed E-state index contributed by atoms with van der Waals surface area (Å²) < 4.78 is 37.1. The first-order valence-corrected chi connectivity index (χ1v) is 12.5. The Kier molecular flexibility index (Phi) is 6.66. The number of nitrogens with zero attached hydrogens (tertiary/aromatic N) is 1. The molecule has 1 amide bonds. The van der Waals surface area contributed by atoms with Crippen LogP contribution < -0.4 is 5.32 Å². The van der Waals surface area contributed by atoms with Gasteiger partial charge in [0.1, 0.15) is 0 Å². The normalized spacial score (nSPS) is 19.8. The summed E-state index contributed by atoms with van der Waals surface area (Å²) >= 11 is 0. The Morgan fingerprint density at radius 1 is 1.09 bits per heavy atom. The molecule has 1 saturated heterocycles. The minimum Gasteiger partial charge on any atom is -0.460 e. The number of aryl methyl sites for hydroxylation is 1. The van der Waals surface area contributed by atoms with E-state index in [1.54, 1.807) is 6.92 Å². The van der Waals surface area contributed by atoms with Gasteiger partial charge < -0.3 is 14.5 Å². The smallest absolute Gasteiger partial charge is 0.374 e. The molecule has 1 aliphatic heterocycles. The van der Waals surface area contributed by atoms with Gasteiger partial charge in [0.15, 0.2) is 0 Å². The Balaban J connectivity index is 1.32. The fourth-order valence-corrected chi connectivity index (χ4v) is 5.78. The summed E-state index contributed by atoms with van der Waals surface area (Å²) in [6.45, 7) is 2.28. The van der Waals surface area contributed by atoms with Gasteiger partial charge >= 0.3 is 5.97 Å². The summed E-state index contributed by atoms with van der Waals surface area (Å²) in [6.07, 6.45) is 3.59. The molecule has 8 nitrogen and oxygen atoms in total. The molecule has 2 heterocycles. The van der Waals surface area contributed by atoms with Crippen LogP contribution in [0.4, 0.5) is 0 Å². The van der Waals surface area contributed by atoms with Crippen LogP contribution in [0.3, 0.4) is 0 Å². The van der Waals surface area contributed by atoms with Gasteiger partial charge in [-0.15, -0.1) is 0 Å². The molecule has 1 aromatic carbocycles. The summed E-state index contributed by atoms with van der Waals surface area (Å²) in [4.78, 5) is 24.5. The highest BCUT2D eigenvalue weighted by atomic mass is 32.2. The molecule has 1 aromatic heterocycles. The number of esters is 1. The summed E-state index contributed by atoms with van der Waals surface area (Å²) in [5, 5.41) is 2.88. The van der Waals surface area contributed by atoms with Crippen LogP contribution in [-0.2, 0) is 32.4 Å². The van der Waals surface area contributed by atoms with Crippen LogP contribution in [0, 0.1) is 5.92 Å². The van der Waals surface area contributed by atoms with Gasteiger partial charge in [-0.1, -0.05) is 24.3 Å². The maximum absolute atomic E-state index is 12.9. The van der Waals surface area contributed by atoms with Crippen molar-refractivity contribution in [3.8, 4) is 0 Å². The number of rotatable bonds is 6. The number of ether oxygens (including phenoxy) is 1. The average Bonchev–Trinajstić information content (AvgIpc) is 3.31. The molecular formula is C23H28N2O6S. The monoisotopic (exact) mass is 460 g/mol. The molecule has 4 rings (SSSR count). The minimum atomic E-state index is -3.87. The van der Waals surface area contributed by atoms with Gasteiger partial charge in [-0.05, 0) is 62.3 Å². The third-order valence-corrected chi connectivity index (χ3v) is 7.94. The molecular weight excluding hydrogens is 432 g/mol. The van der Waals surface area contributed by atoms with E-state index >= 15 is 0 Å². The minimum absolute atomic E-state index is 0.00553. The fourth-order valence-electron chi connectivity index (χ4n) is 4.40. The highest BCUT2D eigenvalue weighted by Crippen LogP contribution is 2.26. The molecule has 1 N–H and O–H groups in total. The van der Waals surface area contributed by atoms with Gasteiger partial charge in [-0.25, -0.2) is 13.2 Å². The molecule has 172 valence electrons. The van der Waals surface area contributed by atoms with Crippen LogP contribution in [0.25, 0.3) is 0 Å². The quantitative estimate of drug-likeness (QED) is 0.664. The first kappa shape index (κ1) is 22.5. The number of piperidine rings is 1. The van der Waals surface area contributed by atoms with E-state index in [1.165, 1.54) is 27.6 Å². The molecule has 0 radical (unpaired) electrons. The number of carbonyl (C=O) groups excluding carboxylic acids is 2. The Labute approximate surface area is 188 Å². The summed E-state index contributed by atoms with van der Waals surface area (Å²) in [6, 6.07) is 11.0. The highest BCUT2D eigenvalue weighted by molar-refractivity contribution is 7.89. The van der Waals surface area contributed by atoms with Crippen molar-refractivity contribution in [2.24, 2.45) is 5.92 Å². The average molecular weight is 461 g/mol. The SMILES string of the molecule is CCOC(=O)c1ccc(S(=O)(=O)N2CCC(C(=O)NC3CCc4ccccc4C3)CC2)o1. The van der Waals surface area contributed by atoms with Crippen molar-refractivity contribution in [3.63, 3.8) is 0 Å². The zero-order chi connectivity index (χ0) is 22.7. The second-order valence-corrected chi connectivity index (χ2v) is 10.1. The van der Waals surface area contributed by atoms with Crippen molar-refractivity contribution < 1.29 is 27.2 Å². The molecule has 0 spiro atoms. The number of hydrogen-bond donors (Lipinski definition) is 1. The molecule has 1 atom stereocenters. The lowest BCUT2D eigenvalue weighted by Gasteiger charge is -2.32. The molecule has 1 fully saturated rings. The van der Waals surface area contributed by atoms with Gasteiger partial charge in [0.05, 0.1) is 6.61 Å². The lowest BCUT2D eigenvalue weighted by atomic mass is 9.87. The second kappa shape index (κ2) is 9.46. The topological polar surface area (TPSA) is 106 Å². The van der Waals surface area contributed by atoms with E-state index in [2.05, 4.69) is 17.4 Å². The van der Waals surface area contributed by atoms with E-state index in [4.69, 9.17) is 9.15 Å². The third kappa shape index (κ3) is 4.73. The van der Waals surface area contributed by atoms with Crippen molar-refractivity contribution >= 4 is 21.9 Å². The largest absolute Gasteiger partial charge is 0.460 e. The van der Waals surface area contributed by atoms with Crippen LogP contribution in [0.1, 0.15) is 47.9 Å². The van der Waals surface area contributed by atoms with Gasteiger partial charge in [-0.2, -0.15) is 4.31 Å². The van der Waals surface area contributed by atoms with E-state index in [-0.39, 0.29) is 48.4 Å². The van der Waals surface area contributed by atoms with E-state index in [0.717, 1.165) is 19.3 Å². The van der Waals surface area contributed by atoms with Gasteiger partial charge in [0, 0.05) is 25.0 Å². The predicted molar refractivity (Wildman–Crippen MR) is 117 cm³/mol. The van der Waals surface area contributed by atoms with Crippen molar-refractivity contribution in [1.82, 2.24) is 9.62 Å². The number of amides is 1. The van der Waals surface area contributed by atoms with Crippen LogP contribution in [0.5, 0.6) is 0 Å². The number of benzene rings is 1. The molecule has 9 heteroatoms. The Hall–Kier alpha value is -2.65. The standard InChI is InChI=1S/C23H28N2O6S/c1-2-30-23(27)20-9-10-21(31-20)32(28,29)25-13-11-17(12-14-25)22(26)24-19-8-7-16-5-3-4-6-18(16)15-19/h3-6,9-10,17,19H,2,7-8,11-15H2,1H3,(H,24,26). The third-order valence-electron chi connectivity index (χ3n) is 6.17. The van der Waals surface area contributed by atoms with Crippen molar-refractivity contribution in [2.75, 3.05) is 19.7 Å². The second-order valence-electron chi connectivity index (χ2n) is 8.23. The number of carbonyl (C=O) groups is 2. The van der Waals surface area contributed by atoms with E-state index in [1.807, 2.05) is 12.1 Å².